The molecular weight excluding hydrogens is 262 g/mol. The predicted molar refractivity (Wildman–Crippen MR) is 72.2 cm³/mol. The van der Waals surface area contributed by atoms with Crippen LogP contribution in [-0.4, -0.2) is 13.6 Å². The zero-order valence-corrected chi connectivity index (χ0v) is 11.4. The minimum Gasteiger partial charge on any atom is -0.373 e. The van der Waals surface area contributed by atoms with Crippen molar-refractivity contribution in [3.63, 3.8) is 0 Å². The molecule has 1 aromatic carbocycles. The minimum atomic E-state index is 0.464. The van der Waals surface area contributed by atoms with Crippen LogP contribution in [0, 0.1) is 0 Å². The molecular formula is C14H18BrN. The average molecular weight is 280 g/mol. The number of hydrogen-bond acceptors (Lipinski definition) is 1. The Bertz CT molecular complexity index is 407. The van der Waals surface area contributed by atoms with E-state index in [4.69, 9.17) is 0 Å². The highest BCUT2D eigenvalue weighted by Gasteiger charge is 2.41. The maximum atomic E-state index is 3.62. The maximum absolute atomic E-state index is 3.62. The van der Waals surface area contributed by atoms with Crippen LogP contribution in [0.3, 0.4) is 0 Å². The van der Waals surface area contributed by atoms with Crippen LogP contribution in [0.2, 0.25) is 0 Å². The molecule has 2 aliphatic rings. The Balaban J connectivity index is 2.09. The molecule has 1 aliphatic carbocycles. The van der Waals surface area contributed by atoms with E-state index < -0.39 is 0 Å². The highest BCUT2D eigenvalue weighted by Crippen LogP contribution is 2.49. The number of benzene rings is 1. The number of hydrogen-bond donors (Lipinski definition) is 0. The van der Waals surface area contributed by atoms with E-state index in [-0.39, 0.29) is 0 Å². The van der Waals surface area contributed by atoms with E-state index in [1.165, 1.54) is 48.8 Å². The molecule has 0 unspecified atom stereocenters. The molecule has 1 aromatic rings. The van der Waals surface area contributed by atoms with Gasteiger partial charge in [0.15, 0.2) is 0 Å². The third kappa shape index (κ3) is 1.50. The molecule has 2 heteroatoms. The zero-order valence-electron chi connectivity index (χ0n) is 9.80. The first-order valence-electron chi connectivity index (χ1n) is 6.22. The molecule has 1 spiro atoms. The molecule has 0 radical (unpaired) electrons. The van der Waals surface area contributed by atoms with Gasteiger partial charge in [0.2, 0.25) is 0 Å². The lowest BCUT2D eigenvalue weighted by molar-refractivity contribution is 0.312. The molecule has 0 bridgehead atoms. The van der Waals surface area contributed by atoms with E-state index in [1.807, 2.05) is 0 Å². The summed E-state index contributed by atoms with van der Waals surface area (Å²) in [5.41, 5.74) is 3.50. The minimum absolute atomic E-state index is 0.464. The first-order valence-corrected chi connectivity index (χ1v) is 7.02. The van der Waals surface area contributed by atoms with Gasteiger partial charge in [-0.05, 0) is 36.6 Å². The number of fused-ring (bicyclic) bond motifs is 2. The lowest BCUT2D eigenvalue weighted by Crippen LogP contribution is -2.33. The van der Waals surface area contributed by atoms with Gasteiger partial charge in [0.25, 0.3) is 0 Å². The van der Waals surface area contributed by atoms with Crippen LogP contribution >= 0.6 is 15.9 Å². The predicted octanol–water partition coefficient (Wildman–Crippen LogP) is 4.10. The molecule has 0 atom stereocenters. The van der Waals surface area contributed by atoms with Gasteiger partial charge in [0.05, 0.1) is 0 Å². The third-order valence-electron chi connectivity index (χ3n) is 4.29. The molecule has 0 aromatic heterocycles. The lowest BCUT2D eigenvalue weighted by atomic mass is 9.71. The summed E-state index contributed by atoms with van der Waals surface area (Å²) in [6, 6.07) is 6.78. The van der Waals surface area contributed by atoms with Gasteiger partial charge in [-0.1, -0.05) is 35.2 Å². The van der Waals surface area contributed by atoms with Crippen LogP contribution in [0.1, 0.15) is 37.7 Å². The van der Waals surface area contributed by atoms with Crippen molar-refractivity contribution in [3.05, 3.63) is 28.2 Å². The Morgan fingerprint density at radius 1 is 1.19 bits per heavy atom. The molecule has 1 aliphatic heterocycles. The number of anilines is 1. The molecule has 1 saturated carbocycles. The van der Waals surface area contributed by atoms with Crippen molar-refractivity contribution in [2.75, 3.05) is 18.5 Å². The molecule has 0 saturated heterocycles. The summed E-state index contributed by atoms with van der Waals surface area (Å²) in [7, 11) is 2.23. The van der Waals surface area contributed by atoms with E-state index in [2.05, 4.69) is 46.1 Å². The lowest BCUT2D eigenvalue weighted by Gasteiger charge is -2.34. The van der Waals surface area contributed by atoms with Crippen LogP contribution in [0.15, 0.2) is 22.7 Å². The number of halogens is 1. The third-order valence-corrected chi connectivity index (χ3v) is 4.78. The second kappa shape index (κ2) is 3.76. The van der Waals surface area contributed by atoms with Gasteiger partial charge < -0.3 is 4.90 Å². The fourth-order valence-corrected chi connectivity index (χ4v) is 3.91. The quantitative estimate of drug-likeness (QED) is 0.691. The summed E-state index contributed by atoms with van der Waals surface area (Å²) >= 11 is 3.62. The Morgan fingerprint density at radius 3 is 2.69 bits per heavy atom. The Labute approximate surface area is 106 Å². The Morgan fingerprint density at radius 2 is 1.94 bits per heavy atom. The summed E-state index contributed by atoms with van der Waals surface area (Å²) in [4.78, 5) is 2.44. The van der Waals surface area contributed by atoms with Crippen LogP contribution in [0.5, 0.6) is 0 Å². The Hall–Kier alpha value is -0.500. The van der Waals surface area contributed by atoms with Gasteiger partial charge in [0.1, 0.15) is 0 Å². The van der Waals surface area contributed by atoms with E-state index in [9.17, 15) is 0 Å². The van der Waals surface area contributed by atoms with Gasteiger partial charge in [0, 0.05) is 29.2 Å². The first-order chi connectivity index (χ1) is 7.71. The molecule has 1 fully saturated rings. The number of nitrogens with zero attached hydrogens (tertiary/aromatic N) is 1. The second-order valence-electron chi connectivity index (χ2n) is 5.36. The summed E-state index contributed by atoms with van der Waals surface area (Å²) in [6.07, 6.45) is 6.98. The van der Waals surface area contributed by atoms with Gasteiger partial charge in [-0.25, -0.2) is 0 Å². The second-order valence-corrected chi connectivity index (χ2v) is 6.27. The van der Waals surface area contributed by atoms with Crippen LogP contribution in [-0.2, 0) is 5.41 Å². The van der Waals surface area contributed by atoms with Gasteiger partial charge in [-0.3, -0.25) is 0 Å². The monoisotopic (exact) mass is 279 g/mol. The number of rotatable bonds is 0. The smallest absolute Gasteiger partial charge is 0.0403 e. The molecule has 1 heterocycles. The van der Waals surface area contributed by atoms with E-state index in [0.29, 0.717) is 5.41 Å². The van der Waals surface area contributed by atoms with Crippen LogP contribution in [0.25, 0.3) is 0 Å². The molecule has 0 N–H and O–H groups in total. The highest BCUT2D eigenvalue weighted by molar-refractivity contribution is 9.10. The van der Waals surface area contributed by atoms with Crippen molar-refractivity contribution >= 4 is 21.6 Å². The summed E-state index contributed by atoms with van der Waals surface area (Å²) in [6.45, 7) is 1.22. The van der Waals surface area contributed by atoms with Crippen LogP contribution in [0.4, 0.5) is 5.69 Å². The van der Waals surface area contributed by atoms with Crippen molar-refractivity contribution in [1.29, 1.82) is 0 Å². The van der Waals surface area contributed by atoms with Crippen molar-refractivity contribution in [1.82, 2.24) is 0 Å². The molecule has 1 nitrogen and oxygen atoms in total. The number of likely N-dealkylation sites (N-methyl/N-ethyl adjacent to an activating group) is 1. The summed E-state index contributed by atoms with van der Waals surface area (Å²) < 4.78 is 1.23. The van der Waals surface area contributed by atoms with E-state index >= 15 is 0 Å². The van der Waals surface area contributed by atoms with Crippen LogP contribution < -0.4 is 4.90 Å². The molecule has 0 amide bonds. The molecule has 16 heavy (non-hydrogen) atoms. The summed E-state index contributed by atoms with van der Waals surface area (Å²) in [5, 5.41) is 0. The van der Waals surface area contributed by atoms with Gasteiger partial charge in [-0.15, -0.1) is 0 Å². The SMILES string of the molecule is CN1CC2(CCCCC2)c2cc(Br)ccc21. The largest absolute Gasteiger partial charge is 0.373 e. The average Bonchev–Trinajstić information content (AvgIpc) is 2.53. The fraction of sp³-hybridized carbons (Fsp3) is 0.571. The highest BCUT2D eigenvalue weighted by atomic mass is 79.9. The van der Waals surface area contributed by atoms with E-state index in [1.54, 1.807) is 5.56 Å². The Kier molecular flexibility index (Phi) is 2.50. The van der Waals surface area contributed by atoms with Crippen molar-refractivity contribution in [3.8, 4) is 0 Å². The molecule has 3 rings (SSSR count). The first kappa shape index (κ1) is 10.6. The van der Waals surface area contributed by atoms with Crippen molar-refractivity contribution in [2.45, 2.75) is 37.5 Å². The standard InChI is InChI=1S/C14H18BrN/c1-16-10-14(7-3-2-4-8-14)12-9-11(15)5-6-13(12)16/h5-6,9H,2-4,7-8,10H2,1H3. The fourth-order valence-electron chi connectivity index (χ4n) is 3.55. The van der Waals surface area contributed by atoms with Crippen molar-refractivity contribution in [2.24, 2.45) is 0 Å². The normalized spacial score (nSPS) is 22.5. The summed E-state index contributed by atoms with van der Waals surface area (Å²) in [5.74, 6) is 0. The van der Waals surface area contributed by atoms with E-state index in [0.717, 1.165) is 0 Å². The molecule has 86 valence electrons. The maximum Gasteiger partial charge on any atom is 0.0403 e. The zero-order chi connectivity index (χ0) is 11.2. The van der Waals surface area contributed by atoms with Gasteiger partial charge in [-0.2, -0.15) is 0 Å². The topological polar surface area (TPSA) is 3.24 Å². The van der Waals surface area contributed by atoms with Gasteiger partial charge >= 0.3 is 0 Å². The van der Waals surface area contributed by atoms with Crippen molar-refractivity contribution < 1.29 is 0 Å².